The van der Waals surface area contributed by atoms with Crippen LogP contribution in [-0.4, -0.2) is 5.37 Å². The van der Waals surface area contributed by atoms with E-state index in [2.05, 4.69) is 12.6 Å². The highest BCUT2D eigenvalue weighted by Crippen LogP contribution is 1.84. The van der Waals surface area contributed by atoms with Crippen LogP contribution in [-0.2, 0) is 0 Å². The molecule has 0 heterocycles. The summed E-state index contributed by atoms with van der Waals surface area (Å²) in [5.41, 5.74) is 5.10. The zero-order valence-electron chi connectivity index (χ0n) is 3.18. The normalized spacial score (nSPS) is 15.0. The molecule has 0 aromatic carbocycles. The topological polar surface area (TPSA) is 26.0 Å². The number of hydrogen-bond acceptors (Lipinski definition) is 2. The Bertz CT molecular complexity index is 20.9. The molecule has 1 radical (unpaired) electrons. The highest BCUT2D eigenvalue weighted by Gasteiger charge is 1.81. The Kier molecular flexibility index (Phi) is 2.70. The van der Waals surface area contributed by atoms with Crippen molar-refractivity contribution in [3.05, 3.63) is 6.42 Å². The average Bonchev–Trinajstić information content (AvgIpc) is 1.38. The first kappa shape index (κ1) is 5.31. The first-order valence-corrected chi connectivity index (χ1v) is 2.02. The summed E-state index contributed by atoms with van der Waals surface area (Å²) in [5, 5.41) is -0.0463. The highest BCUT2D eigenvalue weighted by molar-refractivity contribution is 7.81. The maximum Gasteiger partial charge on any atom is 0.0506 e. The van der Waals surface area contributed by atoms with Crippen LogP contribution in [0.1, 0.15) is 6.92 Å². The van der Waals surface area contributed by atoms with Crippen LogP contribution in [0.15, 0.2) is 0 Å². The molecule has 0 rings (SSSR count). The lowest BCUT2D eigenvalue weighted by Crippen LogP contribution is -2.09. The zero-order chi connectivity index (χ0) is 4.28. The van der Waals surface area contributed by atoms with Gasteiger partial charge in [0.1, 0.15) is 0 Å². The van der Waals surface area contributed by atoms with Crippen molar-refractivity contribution in [3.8, 4) is 0 Å². The Labute approximate surface area is 38.0 Å². The van der Waals surface area contributed by atoms with Gasteiger partial charge in [-0.1, -0.05) is 6.92 Å². The predicted molar refractivity (Wildman–Crippen MR) is 26.9 cm³/mol. The van der Waals surface area contributed by atoms with Crippen LogP contribution in [0.5, 0.6) is 0 Å². The van der Waals surface area contributed by atoms with Gasteiger partial charge in [-0.05, 0) is 6.42 Å². The molecule has 0 aliphatic carbocycles. The van der Waals surface area contributed by atoms with Gasteiger partial charge in [0.15, 0.2) is 0 Å². The maximum atomic E-state index is 5.10. The Morgan fingerprint density at radius 3 is 2.20 bits per heavy atom. The van der Waals surface area contributed by atoms with Gasteiger partial charge in [0.2, 0.25) is 0 Å². The maximum absolute atomic E-state index is 5.10. The summed E-state index contributed by atoms with van der Waals surface area (Å²) < 4.78 is 0. The Balaban J connectivity index is 2.54. The second kappa shape index (κ2) is 2.54. The van der Waals surface area contributed by atoms with Crippen molar-refractivity contribution < 1.29 is 0 Å². The van der Waals surface area contributed by atoms with Gasteiger partial charge in [-0.2, -0.15) is 12.6 Å². The fraction of sp³-hybridized carbons (Fsp3) is 0.667. The Morgan fingerprint density at radius 2 is 2.20 bits per heavy atom. The van der Waals surface area contributed by atoms with E-state index in [9.17, 15) is 0 Å². The standard InChI is InChI=1S/C3H8NS/c1-2-3(4)5/h2-3,5H,4H2,1H3. The lowest BCUT2D eigenvalue weighted by molar-refractivity contribution is 1.07. The molecule has 1 nitrogen and oxygen atoms in total. The first-order chi connectivity index (χ1) is 2.27. The van der Waals surface area contributed by atoms with Crippen molar-refractivity contribution in [1.82, 2.24) is 0 Å². The molecule has 1 atom stereocenters. The second-order valence-corrected chi connectivity index (χ2v) is 1.42. The van der Waals surface area contributed by atoms with Crippen molar-refractivity contribution in [2.24, 2.45) is 5.73 Å². The van der Waals surface area contributed by atoms with E-state index in [1.807, 2.05) is 13.3 Å². The van der Waals surface area contributed by atoms with Crippen molar-refractivity contribution in [1.29, 1.82) is 0 Å². The number of nitrogens with two attached hydrogens (primary N) is 1. The van der Waals surface area contributed by atoms with Crippen LogP contribution in [0.2, 0.25) is 0 Å². The van der Waals surface area contributed by atoms with Gasteiger partial charge in [-0.25, -0.2) is 0 Å². The molecule has 0 saturated heterocycles. The smallest absolute Gasteiger partial charge is 0.0506 e. The van der Waals surface area contributed by atoms with Gasteiger partial charge in [-0.15, -0.1) is 0 Å². The number of thiol groups is 1. The van der Waals surface area contributed by atoms with Gasteiger partial charge in [0.05, 0.1) is 5.37 Å². The molecule has 0 spiro atoms. The molecular weight excluding hydrogens is 82.1 g/mol. The summed E-state index contributed by atoms with van der Waals surface area (Å²) in [4.78, 5) is 0. The number of hydrogen-bond donors (Lipinski definition) is 2. The SMILES string of the molecule is C[CH]C(N)S. The van der Waals surface area contributed by atoms with E-state index in [1.165, 1.54) is 0 Å². The van der Waals surface area contributed by atoms with Crippen molar-refractivity contribution in [2.45, 2.75) is 12.3 Å². The first-order valence-electron chi connectivity index (χ1n) is 1.50. The van der Waals surface area contributed by atoms with Gasteiger partial charge < -0.3 is 5.73 Å². The van der Waals surface area contributed by atoms with Crippen molar-refractivity contribution in [3.63, 3.8) is 0 Å². The van der Waals surface area contributed by atoms with E-state index >= 15 is 0 Å². The van der Waals surface area contributed by atoms with Crippen LogP contribution < -0.4 is 5.73 Å². The summed E-state index contributed by atoms with van der Waals surface area (Å²) in [6, 6.07) is 0. The number of rotatable bonds is 1. The van der Waals surface area contributed by atoms with Crippen LogP contribution in [0.4, 0.5) is 0 Å². The van der Waals surface area contributed by atoms with E-state index in [-0.39, 0.29) is 5.37 Å². The largest absolute Gasteiger partial charge is 0.319 e. The second-order valence-electron chi connectivity index (χ2n) is 0.824. The summed E-state index contributed by atoms with van der Waals surface area (Å²) in [6.07, 6.45) is 1.81. The van der Waals surface area contributed by atoms with E-state index in [4.69, 9.17) is 5.73 Å². The van der Waals surface area contributed by atoms with Crippen molar-refractivity contribution >= 4 is 12.6 Å². The average molecular weight is 90.2 g/mol. The molecule has 5 heavy (non-hydrogen) atoms. The van der Waals surface area contributed by atoms with E-state index in [0.717, 1.165) is 0 Å². The molecule has 0 amide bonds. The fourth-order valence-corrected chi connectivity index (χ4v) is 0. The van der Waals surface area contributed by atoms with Crippen molar-refractivity contribution in [2.75, 3.05) is 0 Å². The fourth-order valence-electron chi connectivity index (χ4n) is 0. The minimum Gasteiger partial charge on any atom is -0.319 e. The van der Waals surface area contributed by atoms with Gasteiger partial charge >= 0.3 is 0 Å². The van der Waals surface area contributed by atoms with Crippen LogP contribution in [0, 0.1) is 6.42 Å². The molecule has 0 aromatic heterocycles. The quantitative estimate of drug-likeness (QED) is 0.354. The molecule has 0 aromatic rings. The van der Waals surface area contributed by atoms with Gasteiger partial charge in [0.25, 0.3) is 0 Å². The molecule has 0 aliphatic rings. The molecule has 0 aliphatic heterocycles. The minimum atomic E-state index is -0.0463. The zero-order valence-corrected chi connectivity index (χ0v) is 4.07. The van der Waals surface area contributed by atoms with Crippen LogP contribution >= 0.6 is 12.6 Å². The monoisotopic (exact) mass is 90.0 g/mol. The highest BCUT2D eigenvalue weighted by atomic mass is 32.1. The lowest BCUT2D eigenvalue weighted by Gasteiger charge is -1.90. The van der Waals surface area contributed by atoms with Gasteiger partial charge in [0, 0.05) is 0 Å². The Morgan fingerprint density at radius 1 is 2.00 bits per heavy atom. The summed E-state index contributed by atoms with van der Waals surface area (Å²) >= 11 is 3.82. The van der Waals surface area contributed by atoms with Crippen LogP contribution in [0.25, 0.3) is 0 Å². The molecule has 2 N–H and O–H groups in total. The molecular formula is C3H8NS. The van der Waals surface area contributed by atoms with E-state index in [1.54, 1.807) is 0 Å². The van der Waals surface area contributed by atoms with Crippen LogP contribution in [0.3, 0.4) is 0 Å². The molecule has 0 saturated carbocycles. The lowest BCUT2D eigenvalue weighted by atomic mass is 10.5. The summed E-state index contributed by atoms with van der Waals surface area (Å²) in [5.74, 6) is 0. The summed E-state index contributed by atoms with van der Waals surface area (Å²) in [6.45, 7) is 1.87. The molecule has 0 fully saturated rings. The van der Waals surface area contributed by atoms with Gasteiger partial charge in [-0.3, -0.25) is 0 Å². The summed E-state index contributed by atoms with van der Waals surface area (Å²) in [7, 11) is 0. The molecule has 2 heteroatoms. The third-order valence-corrected chi connectivity index (χ3v) is 0.640. The Hall–Kier alpha value is 0.310. The van der Waals surface area contributed by atoms with E-state index in [0.29, 0.717) is 0 Å². The third kappa shape index (κ3) is 4.31. The third-order valence-electron chi connectivity index (χ3n) is 0.342. The molecule has 0 bridgehead atoms. The predicted octanol–water partition coefficient (Wildman–Crippen LogP) is 0.425. The molecule has 1 unspecified atom stereocenters. The minimum absolute atomic E-state index is 0.0463. The molecule has 31 valence electrons. The van der Waals surface area contributed by atoms with E-state index < -0.39 is 0 Å².